The van der Waals surface area contributed by atoms with Gasteiger partial charge in [-0.2, -0.15) is 5.26 Å². The Kier molecular flexibility index (Phi) is 2.10. The Morgan fingerprint density at radius 1 is 1.33 bits per heavy atom. The number of benzene rings is 1. The van der Waals surface area contributed by atoms with Crippen molar-refractivity contribution in [2.75, 3.05) is 0 Å². The summed E-state index contributed by atoms with van der Waals surface area (Å²) in [5, 5.41) is 8.57. The second-order valence-corrected chi connectivity index (χ2v) is 3.02. The highest BCUT2D eigenvalue weighted by Gasteiger charge is 2.05. The van der Waals surface area contributed by atoms with Crippen molar-refractivity contribution in [1.82, 2.24) is 9.55 Å². The van der Waals surface area contributed by atoms with E-state index in [2.05, 4.69) is 4.98 Å². The first-order chi connectivity index (χ1) is 7.24. The molecule has 2 aromatic rings. The number of nitriles is 1. The molecule has 0 fully saturated rings. The molecule has 1 aromatic heterocycles. The smallest absolute Gasteiger partial charge is 0.316 e. The predicted octanol–water partition coefficient (Wildman–Crippen LogP) is 0.213. The number of rotatable bonds is 1. The van der Waals surface area contributed by atoms with Gasteiger partial charge in [-0.1, -0.05) is 12.1 Å². The molecule has 74 valence electrons. The van der Waals surface area contributed by atoms with Crippen LogP contribution in [0.25, 0.3) is 11.0 Å². The van der Waals surface area contributed by atoms with Crippen LogP contribution in [-0.4, -0.2) is 9.55 Å². The highest BCUT2D eigenvalue weighted by Crippen LogP contribution is 2.06. The Hall–Kier alpha value is -2.35. The van der Waals surface area contributed by atoms with Crippen molar-refractivity contribution in [1.29, 1.82) is 5.26 Å². The Labute approximate surface area is 84.2 Å². The Balaban J connectivity index is 2.97. The summed E-state index contributed by atoms with van der Waals surface area (Å²) in [6.07, 6.45) is 0. The van der Waals surface area contributed by atoms with Crippen molar-refractivity contribution < 1.29 is 0 Å². The number of aromatic amines is 1. The summed E-state index contributed by atoms with van der Waals surface area (Å²) in [7, 11) is 0. The van der Waals surface area contributed by atoms with E-state index in [1.165, 1.54) is 0 Å². The van der Waals surface area contributed by atoms with Crippen LogP contribution in [0, 0.1) is 11.3 Å². The second kappa shape index (κ2) is 3.42. The van der Waals surface area contributed by atoms with Crippen LogP contribution < -0.4 is 11.1 Å². The van der Waals surface area contributed by atoms with Gasteiger partial charge in [-0.05, 0) is 12.1 Å². The third kappa shape index (κ3) is 1.42. The average molecular weight is 201 g/mol. The first-order valence-electron chi connectivity index (χ1n) is 4.33. The molecule has 0 spiro atoms. The van der Waals surface area contributed by atoms with Gasteiger partial charge in [-0.25, -0.2) is 0 Å². The minimum atomic E-state index is -0.705. The molecule has 1 heterocycles. The number of fused-ring (bicyclic) bond motifs is 1. The van der Waals surface area contributed by atoms with Crippen molar-refractivity contribution in [3.63, 3.8) is 0 Å². The van der Waals surface area contributed by atoms with Crippen molar-refractivity contribution >= 4 is 11.0 Å². The Morgan fingerprint density at radius 3 is 2.80 bits per heavy atom. The third-order valence-corrected chi connectivity index (χ3v) is 2.11. The zero-order chi connectivity index (χ0) is 10.8. The molecule has 0 amide bonds. The van der Waals surface area contributed by atoms with Crippen molar-refractivity contribution in [2.24, 2.45) is 0 Å². The van der Waals surface area contributed by atoms with Gasteiger partial charge >= 0.3 is 11.1 Å². The summed E-state index contributed by atoms with van der Waals surface area (Å²) in [5.41, 5.74) is -0.291. The molecule has 0 aliphatic heterocycles. The predicted molar refractivity (Wildman–Crippen MR) is 54.4 cm³/mol. The lowest BCUT2D eigenvalue weighted by Crippen LogP contribution is -2.36. The number of para-hydroxylation sites is 2. The lowest BCUT2D eigenvalue weighted by molar-refractivity contribution is 0.805. The standard InChI is InChI=1S/C10H7N3O2/c11-5-6-13-8-4-2-1-3-7(8)12-9(14)10(13)15/h1-4H,6H2,(H,12,14). The van der Waals surface area contributed by atoms with Gasteiger partial charge in [0.1, 0.15) is 6.54 Å². The molecule has 1 aromatic carbocycles. The summed E-state index contributed by atoms with van der Waals surface area (Å²) in [6, 6.07) is 8.72. The summed E-state index contributed by atoms with van der Waals surface area (Å²) < 4.78 is 1.16. The molecule has 1 N–H and O–H groups in total. The number of nitrogens with one attached hydrogen (secondary N) is 1. The van der Waals surface area contributed by atoms with Gasteiger partial charge in [-0.15, -0.1) is 0 Å². The molecule has 0 aliphatic carbocycles. The molecular weight excluding hydrogens is 194 g/mol. The monoisotopic (exact) mass is 201 g/mol. The molecule has 5 heteroatoms. The van der Waals surface area contributed by atoms with Crippen molar-refractivity contribution in [2.45, 2.75) is 6.54 Å². The van der Waals surface area contributed by atoms with Gasteiger partial charge in [-0.3, -0.25) is 14.2 Å². The molecule has 2 rings (SSSR count). The summed E-state index contributed by atoms with van der Waals surface area (Å²) in [5.74, 6) is 0. The van der Waals surface area contributed by atoms with E-state index in [0.717, 1.165) is 4.57 Å². The highest BCUT2D eigenvalue weighted by atomic mass is 16.2. The fourth-order valence-corrected chi connectivity index (χ4v) is 1.45. The fourth-order valence-electron chi connectivity index (χ4n) is 1.45. The van der Waals surface area contributed by atoms with Gasteiger partial charge in [0.25, 0.3) is 0 Å². The van der Waals surface area contributed by atoms with Crippen LogP contribution in [0.1, 0.15) is 0 Å². The van der Waals surface area contributed by atoms with Crippen molar-refractivity contribution in [3.8, 4) is 6.07 Å². The van der Waals surface area contributed by atoms with E-state index in [9.17, 15) is 9.59 Å². The summed E-state index contributed by atoms with van der Waals surface area (Å²) in [4.78, 5) is 25.1. The number of H-pyrrole nitrogens is 1. The zero-order valence-corrected chi connectivity index (χ0v) is 7.73. The van der Waals surface area contributed by atoms with Gasteiger partial charge in [0, 0.05) is 0 Å². The van der Waals surface area contributed by atoms with E-state index in [4.69, 9.17) is 5.26 Å². The maximum absolute atomic E-state index is 11.4. The number of hydrogen-bond acceptors (Lipinski definition) is 3. The molecular formula is C10H7N3O2. The first-order valence-corrected chi connectivity index (χ1v) is 4.33. The molecule has 0 bridgehead atoms. The number of aromatic nitrogens is 2. The minimum absolute atomic E-state index is 0.122. The van der Waals surface area contributed by atoms with E-state index >= 15 is 0 Å². The summed E-state index contributed by atoms with van der Waals surface area (Å²) in [6.45, 7) is -0.122. The first kappa shape index (κ1) is 9.21. The van der Waals surface area contributed by atoms with E-state index in [0.29, 0.717) is 11.0 Å². The van der Waals surface area contributed by atoms with Crippen LogP contribution >= 0.6 is 0 Å². The molecule has 0 unspecified atom stereocenters. The van der Waals surface area contributed by atoms with Crippen LogP contribution in [0.3, 0.4) is 0 Å². The van der Waals surface area contributed by atoms with Gasteiger partial charge in [0.15, 0.2) is 0 Å². The quantitative estimate of drug-likeness (QED) is 0.670. The number of hydrogen-bond donors (Lipinski definition) is 1. The molecule has 15 heavy (non-hydrogen) atoms. The van der Waals surface area contributed by atoms with Gasteiger partial charge in [0.2, 0.25) is 0 Å². The van der Waals surface area contributed by atoms with Gasteiger partial charge < -0.3 is 4.98 Å². The third-order valence-electron chi connectivity index (χ3n) is 2.11. The zero-order valence-electron chi connectivity index (χ0n) is 7.73. The SMILES string of the molecule is N#CCn1c(=O)c(=O)[nH]c2ccccc21. The summed E-state index contributed by atoms with van der Waals surface area (Å²) >= 11 is 0. The molecule has 0 aliphatic rings. The normalized spacial score (nSPS) is 10.1. The van der Waals surface area contributed by atoms with Crippen LogP contribution in [-0.2, 0) is 6.54 Å². The average Bonchev–Trinajstić information content (AvgIpc) is 2.25. The maximum Gasteiger partial charge on any atom is 0.317 e. The van der Waals surface area contributed by atoms with Crippen LogP contribution in [0.15, 0.2) is 33.9 Å². The molecule has 0 radical (unpaired) electrons. The van der Waals surface area contributed by atoms with Crippen molar-refractivity contribution in [3.05, 3.63) is 45.0 Å². The molecule has 0 atom stereocenters. The Bertz CT molecular complexity index is 661. The van der Waals surface area contributed by atoms with E-state index < -0.39 is 11.1 Å². The van der Waals surface area contributed by atoms with Crippen LogP contribution in [0.4, 0.5) is 0 Å². The van der Waals surface area contributed by atoms with E-state index in [-0.39, 0.29) is 6.54 Å². The lowest BCUT2D eigenvalue weighted by atomic mass is 10.3. The van der Waals surface area contributed by atoms with Crippen LogP contribution in [0.2, 0.25) is 0 Å². The molecule has 0 saturated carbocycles. The van der Waals surface area contributed by atoms with E-state index in [1.54, 1.807) is 24.3 Å². The topological polar surface area (TPSA) is 78.7 Å². The molecule has 0 saturated heterocycles. The fraction of sp³-hybridized carbons (Fsp3) is 0.100. The van der Waals surface area contributed by atoms with Crippen LogP contribution in [0.5, 0.6) is 0 Å². The second-order valence-electron chi connectivity index (χ2n) is 3.02. The largest absolute Gasteiger partial charge is 0.317 e. The Morgan fingerprint density at radius 2 is 2.07 bits per heavy atom. The maximum atomic E-state index is 11.4. The highest BCUT2D eigenvalue weighted by molar-refractivity contribution is 5.74. The minimum Gasteiger partial charge on any atom is -0.316 e. The van der Waals surface area contributed by atoms with Gasteiger partial charge in [0.05, 0.1) is 17.1 Å². The number of nitrogens with zero attached hydrogens (tertiary/aromatic N) is 2. The lowest BCUT2D eigenvalue weighted by Gasteiger charge is -2.04. The van der Waals surface area contributed by atoms with E-state index in [1.807, 2.05) is 6.07 Å². The molecule has 5 nitrogen and oxygen atoms in total.